The van der Waals surface area contributed by atoms with Gasteiger partial charge in [0.25, 0.3) is 0 Å². The number of hydrogen-bond donors (Lipinski definition) is 1. The Hall–Kier alpha value is -0.0600. The number of phenols is 1. The van der Waals surface area contributed by atoms with Crippen molar-refractivity contribution in [3.63, 3.8) is 0 Å². The smallest absolute Gasteiger partial charge is 0.222 e. The summed E-state index contributed by atoms with van der Waals surface area (Å²) in [6, 6.07) is 0. The zero-order valence-corrected chi connectivity index (χ0v) is 21.4. The first-order valence-corrected chi connectivity index (χ1v) is 12.7. The van der Waals surface area contributed by atoms with Crippen LogP contribution < -0.4 is 0 Å². The van der Waals surface area contributed by atoms with E-state index >= 15 is 0 Å². The van der Waals surface area contributed by atoms with Gasteiger partial charge >= 0.3 is 0 Å². The number of carbonyl (C=O) groups excluding carboxylic acids is 1. The van der Waals surface area contributed by atoms with Crippen molar-refractivity contribution >= 4 is 63.9 Å². The molecule has 0 atom stereocenters. The maximum absolute atomic E-state index is 11.4. The van der Waals surface area contributed by atoms with Crippen LogP contribution in [0.5, 0.6) is 5.75 Å². The predicted molar refractivity (Wildman–Crippen MR) is 131 cm³/mol. The summed E-state index contributed by atoms with van der Waals surface area (Å²) in [4.78, 5) is 13.4. The third-order valence-electron chi connectivity index (χ3n) is 5.14. The summed E-state index contributed by atoms with van der Waals surface area (Å²) in [5, 5.41) is 9.01. The first-order chi connectivity index (χ1) is 14.3. The lowest BCUT2D eigenvalue weighted by atomic mass is 10.1. The van der Waals surface area contributed by atoms with E-state index in [1.807, 2.05) is 4.90 Å². The quantitative estimate of drug-likeness (QED) is 0.180. The summed E-state index contributed by atoms with van der Waals surface area (Å²) in [6.07, 6.45) is 15.6. The molecule has 1 amide bonds. The normalized spacial score (nSPS) is 13.5. The first-order valence-electron chi connectivity index (χ1n) is 10.8. The molecule has 1 aromatic carbocycles. The van der Waals surface area contributed by atoms with Crippen molar-refractivity contribution in [2.24, 2.45) is 0 Å². The van der Waals surface area contributed by atoms with Crippen molar-refractivity contribution in [1.29, 1.82) is 0 Å². The van der Waals surface area contributed by atoms with Crippen LogP contribution in [-0.2, 0) is 4.79 Å². The van der Waals surface area contributed by atoms with Crippen molar-refractivity contribution in [3.8, 4) is 5.75 Å². The third-order valence-corrected chi connectivity index (χ3v) is 7.40. The van der Waals surface area contributed by atoms with Crippen LogP contribution >= 0.6 is 58.0 Å². The fourth-order valence-electron chi connectivity index (χ4n) is 3.32. The lowest BCUT2D eigenvalue weighted by molar-refractivity contribution is -0.127. The minimum absolute atomic E-state index is 0.00904. The number of likely N-dealkylation sites (tertiary alicyclic amines) is 1. The topological polar surface area (TPSA) is 40.5 Å². The molecule has 0 aliphatic carbocycles. The number of unbranched alkanes of at least 4 members (excludes halogenated alkanes) is 9. The van der Waals surface area contributed by atoms with E-state index in [-0.39, 0.29) is 30.9 Å². The highest BCUT2D eigenvalue weighted by atomic mass is 35.5. The van der Waals surface area contributed by atoms with E-state index in [0.717, 1.165) is 25.9 Å². The monoisotopic (exact) mass is 517 g/mol. The Morgan fingerprint density at radius 3 is 1.60 bits per heavy atom. The van der Waals surface area contributed by atoms with Gasteiger partial charge in [0.1, 0.15) is 10.0 Å². The number of benzene rings is 1. The van der Waals surface area contributed by atoms with Crippen LogP contribution in [0.3, 0.4) is 0 Å². The third kappa shape index (κ3) is 9.61. The van der Waals surface area contributed by atoms with Gasteiger partial charge in [-0.25, -0.2) is 0 Å². The van der Waals surface area contributed by atoms with Gasteiger partial charge in [0.2, 0.25) is 5.91 Å². The molecule has 1 fully saturated rings. The molecule has 0 bridgehead atoms. The minimum atomic E-state index is -0.363. The maximum Gasteiger partial charge on any atom is 0.222 e. The molecule has 172 valence electrons. The SMILES string of the molecule is CCCCCCCCCCCCN1CCCC1=O.Oc1c(Cl)c(Cl)c(Cl)c(Cl)c1Cl. The highest BCUT2D eigenvalue weighted by Crippen LogP contribution is 2.47. The zero-order chi connectivity index (χ0) is 22.5. The standard InChI is InChI=1S/C16H31NO.C6HCl5O/c1-2-3-4-5-6-7-8-9-10-11-14-17-15-12-13-16(17)18;7-1-2(8)4(10)6(12)5(11)3(1)9/h2-15H2,1H3;12H. The summed E-state index contributed by atoms with van der Waals surface area (Å²) >= 11 is 27.9. The molecular weight excluding hydrogens is 488 g/mol. The predicted octanol–water partition coefficient (Wildman–Crippen LogP) is 9.19. The van der Waals surface area contributed by atoms with Gasteiger partial charge in [0.15, 0.2) is 5.75 Å². The fourth-order valence-corrected chi connectivity index (χ4v) is 4.45. The van der Waals surface area contributed by atoms with Crippen LogP contribution in [0.4, 0.5) is 0 Å². The molecular formula is C22H32Cl5NO2. The van der Waals surface area contributed by atoms with Crippen LogP contribution in [0.1, 0.15) is 84.0 Å². The molecule has 0 radical (unpaired) electrons. The van der Waals surface area contributed by atoms with Gasteiger partial charge in [-0.15, -0.1) is 0 Å². The Balaban J connectivity index is 0.000000325. The molecule has 3 nitrogen and oxygen atoms in total. The van der Waals surface area contributed by atoms with Gasteiger partial charge in [0, 0.05) is 19.5 Å². The van der Waals surface area contributed by atoms with E-state index in [1.54, 1.807) is 0 Å². The molecule has 0 aromatic heterocycles. The molecule has 1 heterocycles. The zero-order valence-electron chi connectivity index (χ0n) is 17.6. The molecule has 1 aliphatic heterocycles. The van der Waals surface area contributed by atoms with Crippen molar-refractivity contribution in [2.45, 2.75) is 84.0 Å². The van der Waals surface area contributed by atoms with E-state index in [0.29, 0.717) is 5.91 Å². The Morgan fingerprint density at radius 1 is 0.733 bits per heavy atom. The molecule has 0 spiro atoms. The van der Waals surface area contributed by atoms with Gasteiger partial charge in [-0.1, -0.05) is 123 Å². The van der Waals surface area contributed by atoms with Crippen molar-refractivity contribution < 1.29 is 9.90 Å². The second-order valence-corrected chi connectivity index (χ2v) is 9.47. The lowest BCUT2D eigenvalue weighted by Gasteiger charge is -2.14. The number of aromatic hydroxyl groups is 1. The van der Waals surface area contributed by atoms with E-state index < -0.39 is 0 Å². The Bertz CT molecular complexity index is 564. The highest BCUT2D eigenvalue weighted by Gasteiger charge is 2.19. The summed E-state index contributed by atoms with van der Waals surface area (Å²) in [6.45, 7) is 4.29. The van der Waals surface area contributed by atoms with E-state index in [4.69, 9.17) is 58.0 Å². The summed E-state index contributed by atoms with van der Waals surface area (Å²) in [5.74, 6) is 0.0173. The van der Waals surface area contributed by atoms with Crippen molar-refractivity contribution in [1.82, 2.24) is 4.90 Å². The van der Waals surface area contributed by atoms with Crippen LogP contribution in [0.15, 0.2) is 0 Å². The number of carbonyl (C=O) groups is 1. The molecule has 1 aromatic rings. The van der Waals surface area contributed by atoms with Gasteiger partial charge in [0.05, 0.1) is 15.1 Å². The average molecular weight is 520 g/mol. The van der Waals surface area contributed by atoms with Crippen molar-refractivity contribution in [3.05, 3.63) is 25.1 Å². The van der Waals surface area contributed by atoms with Crippen LogP contribution in [0.25, 0.3) is 0 Å². The van der Waals surface area contributed by atoms with Gasteiger partial charge < -0.3 is 10.0 Å². The summed E-state index contributed by atoms with van der Waals surface area (Å²) in [7, 11) is 0. The Kier molecular flexibility index (Phi) is 14.6. The van der Waals surface area contributed by atoms with Crippen LogP contribution in [0.2, 0.25) is 25.1 Å². The van der Waals surface area contributed by atoms with Gasteiger partial charge in [-0.2, -0.15) is 0 Å². The number of phenolic OH excluding ortho intramolecular Hbond substituents is 1. The highest BCUT2D eigenvalue weighted by molar-refractivity contribution is 6.55. The Morgan fingerprint density at radius 2 is 1.17 bits per heavy atom. The fraction of sp³-hybridized carbons (Fsp3) is 0.682. The Labute approximate surface area is 206 Å². The molecule has 0 saturated carbocycles. The summed E-state index contributed by atoms with van der Waals surface area (Å²) in [5.41, 5.74) is 0. The van der Waals surface area contributed by atoms with Crippen LogP contribution in [0, 0.1) is 0 Å². The molecule has 30 heavy (non-hydrogen) atoms. The van der Waals surface area contributed by atoms with Crippen LogP contribution in [-0.4, -0.2) is 29.0 Å². The molecule has 2 rings (SSSR count). The molecule has 1 aliphatic rings. The number of amides is 1. The molecule has 1 saturated heterocycles. The van der Waals surface area contributed by atoms with E-state index in [1.165, 1.54) is 64.2 Å². The molecule has 1 N–H and O–H groups in total. The number of rotatable bonds is 11. The first kappa shape index (κ1) is 28.0. The second-order valence-electron chi connectivity index (χ2n) is 7.58. The minimum Gasteiger partial charge on any atom is -0.505 e. The van der Waals surface area contributed by atoms with Gasteiger partial charge in [-0.05, 0) is 12.8 Å². The number of nitrogens with zero attached hydrogens (tertiary/aromatic N) is 1. The van der Waals surface area contributed by atoms with E-state index in [9.17, 15) is 9.90 Å². The second kappa shape index (κ2) is 15.7. The number of hydrogen-bond acceptors (Lipinski definition) is 2. The van der Waals surface area contributed by atoms with Crippen molar-refractivity contribution in [2.75, 3.05) is 13.1 Å². The maximum atomic E-state index is 11.4. The summed E-state index contributed by atoms with van der Waals surface area (Å²) < 4.78 is 0. The largest absolute Gasteiger partial charge is 0.505 e. The molecule has 8 heteroatoms. The average Bonchev–Trinajstić information content (AvgIpc) is 3.16. The van der Waals surface area contributed by atoms with E-state index in [2.05, 4.69) is 6.92 Å². The lowest BCUT2D eigenvalue weighted by Crippen LogP contribution is -2.25. The number of halogens is 5. The molecule has 0 unspecified atom stereocenters. The van der Waals surface area contributed by atoms with Gasteiger partial charge in [-0.3, -0.25) is 4.79 Å².